The number of anilines is 1. The number of hydrogen-bond acceptors (Lipinski definition) is 3. The molecule has 0 saturated carbocycles. The number of carbonyl (C=O) groups is 2. The summed E-state index contributed by atoms with van der Waals surface area (Å²) in [5.74, 6) is 0.298. The molecule has 0 unspecified atom stereocenters. The Morgan fingerprint density at radius 3 is 2.56 bits per heavy atom. The lowest BCUT2D eigenvalue weighted by molar-refractivity contribution is 0.0949. The molecule has 2 rings (SSSR count). The molecule has 7 nitrogen and oxygen atoms in total. The molecular weight excluding hydrogens is 318 g/mol. The van der Waals surface area contributed by atoms with Crippen molar-refractivity contribution >= 4 is 17.6 Å². The second-order valence-electron chi connectivity index (χ2n) is 6.22. The minimum absolute atomic E-state index is 0.107. The van der Waals surface area contributed by atoms with Gasteiger partial charge < -0.3 is 20.5 Å². The number of nitrogens with zero attached hydrogens (tertiary/aromatic N) is 2. The van der Waals surface area contributed by atoms with E-state index in [0.29, 0.717) is 30.3 Å². The van der Waals surface area contributed by atoms with Crippen LogP contribution in [0.2, 0.25) is 0 Å². The van der Waals surface area contributed by atoms with Crippen LogP contribution in [0.15, 0.2) is 43.0 Å². The van der Waals surface area contributed by atoms with Gasteiger partial charge in [0.15, 0.2) is 0 Å². The van der Waals surface area contributed by atoms with Crippen LogP contribution in [-0.2, 0) is 6.54 Å². The molecule has 1 aromatic carbocycles. The minimum atomic E-state index is -0.261. The largest absolute Gasteiger partial charge is 0.352 e. The number of carbonyl (C=O) groups excluding carboxylic acids is 2. The first-order valence-corrected chi connectivity index (χ1v) is 8.43. The first-order valence-electron chi connectivity index (χ1n) is 8.43. The highest BCUT2D eigenvalue weighted by Crippen LogP contribution is 2.09. The molecule has 0 aliphatic rings. The average Bonchev–Trinajstić information content (AvgIpc) is 3.10. The number of hydrogen-bond donors (Lipinski definition) is 3. The molecule has 7 heteroatoms. The van der Waals surface area contributed by atoms with E-state index < -0.39 is 0 Å². The second kappa shape index (κ2) is 9.46. The number of nitrogens with one attached hydrogen (secondary N) is 3. The molecule has 3 amide bonds. The van der Waals surface area contributed by atoms with Crippen LogP contribution in [0.5, 0.6) is 0 Å². The van der Waals surface area contributed by atoms with Crippen LogP contribution in [0.3, 0.4) is 0 Å². The van der Waals surface area contributed by atoms with E-state index >= 15 is 0 Å². The number of aryl methyl sites for hydroxylation is 1. The van der Waals surface area contributed by atoms with Gasteiger partial charge in [0.2, 0.25) is 0 Å². The number of amides is 3. The van der Waals surface area contributed by atoms with Crippen molar-refractivity contribution in [1.29, 1.82) is 0 Å². The summed E-state index contributed by atoms with van der Waals surface area (Å²) in [5, 5.41) is 8.41. The lowest BCUT2D eigenvalue weighted by Crippen LogP contribution is -2.30. The van der Waals surface area contributed by atoms with E-state index in [-0.39, 0.29) is 11.9 Å². The van der Waals surface area contributed by atoms with Gasteiger partial charge in [0.25, 0.3) is 5.91 Å². The lowest BCUT2D eigenvalue weighted by Gasteiger charge is -2.10. The Hall–Kier alpha value is -2.83. The molecule has 3 N–H and O–H groups in total. The zero-order chi connectivity index (χ0) is 18.1. The fourth-order valence-electron chi connectivity index (χ4n) is 2.16. The summed E-state index contributed by atoms with van der Waals surface area (Å²) in [6.07, 6.45) is 6.18. The summed E-state index contributed by atoms with van der Waals surface area (Å²) in [5.41, 5.74) is 1.22. The standard InChI is InChI=1S/C18H25N5O2/c1-14(2)12-21-17(24)15-4-6-16(7-5-15)22-18(25)20-8-3-10-23-11-9-19-13-23/h4-7,9,11,13-14H,3,8,10,12H2,1-2H3,(H,21,24)(H2,20,22,25). The van der Waals surface area contributed by atoms with Gasteiger partial charge in [0.05, 0.1) is 6.33 Å². The summed E-state index contributed by atoms with van der Waals surface area (Å²) in [6, 6.07) is 6.57. The number of aromatic nitrogens is 2. The van der Waals surface area contributed by atoms with Crippen molar-refractivity contribution < 1.29 is 9.59 Å². The van der Waals surface area contributed by atoms with Gasteiger partial charge in [0.1, 0.15) is 0 Å². The maximum atomic E-state index is 11.9. The van der Waals surface area contributed by atoms with Crippen molar-refractivity contribution in [2.75, 3.05) is 18.4 Å². The Morgan fingerprint density at radius 1 is 1.16 bits per heavy atom. The number of benzene rings is 1. The van der Waals surface area contributed by atoms with E-state index in [9.17, 15) is 9.59 Å². The number of imidazole rings is 1. The van der Waals surface area contributed by atoms with Gasteiger partial charge >= 0.3 is 6.03 Å². The third-order valence-corrected chi connectivity index (χ3v) is 3.51. The summed E-state index contributed by atoms with van der Waals surface area (Å²) in [6.45, 7) is 6.10. The van der Waals surface area contributed by atoms with Gasteiger partial charge in [-0.2, -0.15) is 0 Å². The summed E-state index contributed by atoms with van der Waals surface area (Å²) >= 11 is 0. The molecule has 25 heavy (non-hydrogen) atoms. The van der Waals surface area contributed by atoms with Crippen LogP contribution in [-0.4, -0.2) is 34.6 Å². The van der Waals surface area contributed by atoms with E-state index in [1.165, 1.54) is 0 Å². The fourth-order valence-corrected chi connectivity index (χ4v) is 2.16. The predicted octanol–water partition coefficient (Wildman–Crippen LogP) is 2.48. The Morgan fingerprint density at radius 2 is 1.92 bits per heavy atom. The van der Waals surface area contributed by atoms with E-state index in [1.807, 2.05) is 24.6 Å². The molecule has 0 fully saturated rings. The third-order valence-electron chi connectivity index (χ3n) is 3.51. The smallest absolute Gasteiger partial charge is 0.319 e. The predicted molar refractivity (Wildman–Crippen MR) is 97.5 cm³/mol. The van der Waals surface area contributed by atoms with Gasteiger partial charge in [-0.3, -0.25) is 4.79 Å². The van der Waals surface area contributed by atoms with Gasteiger partial charge in [-0.15, -0.1) is 0 Å². The van der Waals surface area contributed by atoms with Crippen LogP contribution >= 0.6 is 0 Å². The molecule has 0 aliphatic carbocycles. The molecule has 0 bridgehead atoms. The topological polar surface area (TPSA) is 88.0 Å². The molecule has 0 spiro atoms. The Labute approximate surface area is 147 Å². The zero-order valence-corrected chi connectivity index (χ0v) is 14.7. The monoisotopic (exact) mass is 343 g/mol. The molecule has 1 heterocycles. The highest BCUT2D eigenvalue weighted by atomic mass is 16.2. The molecule has 134 valence electrons. The van der Waals surface area contributed by atoms with E-state index in [4.69, 9.17) is 0 Å². The maximum absolute atomic E-state index is 11.9. The second-order valence-corrected chi connectivity index (χ2v) is 6.22. The van der Waals surface area contributed by atoms with Crippen LogP contribution in [0.4, 0.5) is 10.5 Å². The Balaban J connectivity index is 1.70. The van der Waals surface area contributed by atoms with Crippen molar-refractivity contribution in [2.45, 2.75) is 26.8 Å². The summed E-state index contributed by atoms with van der Waals surface area (Å²) in [7, 11) is 0. The van der Waals surface area contributed by atoms with E-state index in [0.717, 1.165) is 13.0 Å². The van der Waals surface area contributed by atoms with E-state index in [1.54, 1.807) is 36.8 Å². The molecule has 1 aromatic heterocycles. The highest BCUT2D eigenvalue weighted by molar-refractivity contribution is 5.95. The zero-order valence-electron chi connectivity index (χ0n) is 14.7. The van der Waals surface area contributed by atoms with Crippen molar-refractivity contribution in [3.8, 4) is 0 Å². The van der Waals surface area contributed by atoms with Crippen LogP contribution in [0, 0.1) is 5.92 Å². The quantitative estimate of drug-likeness (QED) is 0.644. The molecule has 0 aliphatic heterocycles. The SMILES string of the molecule is CC(C)CNC(=O)c1ccc(NC(=O)NCCCn2ccnc2)cc1. The molecular formula is C18H25N5O2. The lowest BCUT2D eigenvalue weighted by atomic mass is 10.1. The Kier molecular flexibility index (Phi) is 7.00. The fraction of sp³-hybridized carbons (Fsp3) is 0.389. The van der Waals surface area contributed by atoms with Crippen molar-refractivity contribution in [3.05, 3.63) is 48.5 Å². The Bertz CT molecular complexity index is 665. The normalized spacial score (nSPS) is 10.5. The number of rotatable bonds is 8. The molecule has 0 radical (unpaired) electrons. The number of urea groups is 1. The van der Waals surface area contributed by atoms with Crippen molar-refractivity contribution in [3.63, 3.8) is 0 Å². The van der Waals surface area contributed by atoms with Crippen molar-refractivity contribution in [2.24, 2.45) is 5.92 Å². The highest BCUT2D eigenvalue weighted by Gasteiger charge is 2.07. The van der Waals surface area contributed by atoms with E-state index in [2.05, 4.69) is 20.9 Å². The summed E-state index contributed by atoms with van der Waals surface area (Å²) in [4.78, 5) is 27.8. The van der Waals surface area contributed by atoms with Gasteiger partial charge in [0, 0.05) is 43.3 Å². The summed E-state index contributed by atoms with van der Waals surface area (Å²) < 4.78 is 1.96. The van der Waals surface area contributed by atoms with Crippen molar-refractivity contribution in [1.82, 2.24) is 20.2 Å². The first-order chi connectivity index (χ1) is 12.0. The van der Waals surface area contributed by atoms with Crippen LogP contribution in [0.1, 0.15) is 30.6 Å². The van der Waals surface area contributed by atoms with Gasteiger partial charge in [-0.1, -0.05) is 13.8 Å². The molecule has 0 atom stereocenters. The molecule has 2 aromatic rings. The maximum Gasteiger partial charge on any atom is 0.319 e. The van der Waals surface area contributed by atoms with Gasteiger partial charge in [-0.05, 0) is 36.6 Å². The van der Waals surface area contributed by atoms with Crippen LogP contribution in [0.25, 0.3) is 0 Å². The average molecular weight is 343 g/mol. The third kappa shape index (κ3) is 6.66. The van der Waals surface area contributed by atoms with Crippen LogP contribution < -0.4 is 16.0 Å². The minimum Gasteiger partial charge on any atom is -0.352 e. The van der Waals surface area contributed by atoms with Gasteiger partial charge in [-0.25, -0.2) is 9.78 Å². The first kappa shape index (κ1) is 18.5. The molecule has 0 saturated heterocycles.